The molecule has 0 aliphatic heterocycles. The van der Waals surface area contributed by atoms with Crippen LogP contribution in [0.1, 0.15) is 46.1 Å². The van der Waals surface area contributed by atoms with Gasteiger partial charge in [-0.2, -0.15) is 0 Å². The van der Waals surface area contributed by atoms with Crippen LogP contribution in [0.15, 0.2) is 29.3 Å². The molecule has 0 radical (unpaired) electrons. The van der Waals surface area contributed by atoms with Gasteiger partial charge in [-0.05, 0) is 38.3 Å². The molecule has 0 saturated carbocycles. The summed E-state index contributed by atoms with van der Waals surface area (Å²) in [6.07, 6.45) is 2.29. The van der Waals surface area contributed by atoms with Gasteiger partial charge in [0.25, 0.3) is 0 Å². The van der Waals surface area contributed by atoms with E-state index in [1.165, 1.54) is 11.3 Å². The zero-order valence-electron chi connectivity index (χ0n) is 11.2. The van der Waals surface area contributed by atoms with Crippen molar-refractivity contribution in [3.63, 3.8) is 0 Å². The van der Waals surface area contributed by atoms with Gasteiger partial charge in [0.1, 0.15) is 0 Å². The summed E-state index contributed by atoms with van der Waals surface area (Å²) in [6.45, 7) is 11.0. The van der Waals surface area contributed by atoms with E-state index in [2.05, 4.69) is 52.8 Å². The lowest BCUT2D eigenvalue weighted by Crippen LogP contribution is -2.23. The molecule has 0 atom stereocenters. The van der Waals surface area contributed by atoms with E-state index in [4.69, 9.17) is 4.99 Å². The average Bonchev–Trinajstić information content (AvgIpc) is 2.31. The lowest BCUT2D eigenvalue weighted by atomic mass is 9.80. The van der Waals surface area contributed by atoms with Gasteiger partial charge in [-0.3, -0.25) is 4.99 Å². The molecular formula is C15H23N. The molecule has 0 heterocycles. The van der Waals surface area contributed by atoms with Crippen LogP contribution in [-0.4, -0.2) is 5.71 Å². The van der Waals surface area contributed by atoms with E-state index in [0.29, 0.717) is 0 Å². The Morgan fingerprint density at radius 1 is 1.19 bits per heavy atom. The monoisotopic (exact) mass is 217 g/mol. The first-order chi connectivity index (χ1) is 7.53. The van der Waals surface area contributed by atoms with Crippen LogP contribution in [0.25, 0.3) is 0 Å². The van der Waals surface area contributed by atoms with Gasteiger partial charge in [0.15, 0.2) is 0 Å². The molecule has 0 aliphatic carbocycles. The van der Waals surface area contributed by atoms with Crippen molar-refractivity contribution in [2.75, 3.05) is 0 Å². The number of para-hydroxylation sites is 1. The molecule has 1 rings (SSSR count). The molecule has 1 aromatic carbocycles. The van der Waals surface area contributed by atoms with Crippen molar-refractivity contribution in [3.05, 3.63) is 29.8 Å². The Kier molecular flexibility index (Phi) is 4.28. The van der Waals surface area contributed by atoms with E-state index < -0.39 is 0 Å². The Bertz CT molecular complexity index is 373. The molecule has 16 heavy (non-hydrogen) atoms. The minimum absolute atomic E-state index is 0.238. The highest BCUT2D eigenvalue weighted by Crippen LogP contribution is 2.30. The van der Waals surface area contributed by atoms with E-state index >= 15 is 0 Å². The highest BCUT2D eigenvalue weighted by Gasteiger charge is 2.23. The third kappa shape index (κ3) is 2.72. The van der Waals surface area contributed by atoms with Crippen LogP contribution in [0.5, 0.6) is 0 Å². The minimum Gasteiger partial charge on any atom is -0.257 e. The second-order valence-corrected chi connectivity index (χ2v) is 4.75. The van der Waals surface area contributed by atoms with Gasteiger partial charge in [-0.15, -0.1) is 0 Å². The molecule has 1 heteroatoms. The topological polar surface area (TPSA) is 12.4 Å². The third-order valence-corrected chi connectivity index (χ3v) is 3.84. The predicted octanol–water partition coefficient (Wildman–Crippen LogP) is 4.91. The zero-order chi connectivity index (χ0) is 12.2. The standard InChI is InChI=1S/C15H23N/c1-6-15(5,7-2)13(4)16-14-11-9-8-10-12(14)3/h8-11H,6-7H2,1-5H3. The van der Waals surface area contributed by atoms with Crippen LogP contribution in [0, 0.1) is 12.3 Å². The zero-order valence-corrected chi connectivity index (χ0v) is 11.2. The predicted molar refractivity (Wildman–Crippen MR) is 72.6 cm³/mol. The van der Waals surface area contributed by atoms with Gasteiger partial charge in [-0.25, -0.2) is 0 Å². The van der Waals surface area contributed by atoms with Crippen molar-refractivity contribution < 1.29 is 0 Å². The Morgan fingerprint density at radius 3 is 2.25 bits per heavy atom. The first-order valence-electron chi connectivity index (χ1n) is 6.15. The van der Waals surface area contributed by atoms with Gasteiger partial charge >= 0.3 is 0 Å². The van der Waals surface area contributed by atoms with Crippen molar-refractivity contribution in [2.45, 2.75) is 47.5 Å². The molecule has 0 fully saturated rings. The Hall–Kier alpha value is -1.11. The van der Waals surface area contributed by atoms with E-state index in [1.54, 1.807) is 0 Å². The van der Waals surface area contributed by atoms with Gasteiger partial charge in [-0.1, -0.05) is 39.0 Å². The molecule has 0 aromatic heterocycles. The van der Waals surface area contributed by atoms with E-state index in [0.717, 1.165) is 18.5 Å². The molecule has 0 spiro atoms. The Labute approximate surface area is 99.6 Å². The maximum atomic E-state index is 4.79. The Balaban J connectivity index is 3.05. The maximum Gasteiger partial charge on any atom is 0.0658 e. The van der Waals surface area contributed by atoms with Crippen LogP contribution in [-0.2, 0) is 0 Å². The summed E-state index contributed by atoms with van der Waals surface area (Å²) in [5.74, 6) is 0. The molecule has 88 valence electrons. The normalized spacial score (nSPS) is 12.9. The van der Waals surface area contributed by atoms with E-state index in [-0.39, 0.29) is 5.41 Å². The second-order valence-electron chi connectivity index (χ2n) is 4.75. The smallest absolute Gasteiger partial charge is 0.0658 e. The molecule has 0 N–H and O–H groups in total. The maximum absolute atomic E-state index is 4.79. The van der Waals surface area contributed by atoms with Crippen LogP contribution < -0.4 is 0 Å². The van der Waals surface area contributed by atoms with Gasteiger partial charge in [0, 0.05) is 11.1 Å². The van der Waals surface area contributed by atoms with Crippen LogP contribution in [0.4, 0.5) is 5.69 Å². The fourth-order valence-corrected chi connectivity index (χ4v) is 1.77. The molecule has 0 amide bonds. The summed E-state index contributed by atoms with van der Waals surface area (Å²) in [5, 5.41) is 0. The molecule has 0 bridgehead atoms. The Morgan fingerprint density at radius 2 is 1.75 bits per heavy atom. The molecule has 1 aromatic rings. The summed E-state index contributed by atoms with van der Waals surface area (Å²) in [7, 11) is 0. The van der Waals surface area contributed by atoms with Crippen LogP contribution in [0.3, 0.4) is 0 Å². The fraction of sp³-hybridized carbons (Fsp3) is 0.533. The van der Waals surface area contributed by atoms with Gasteiger partial charge in [0.05, 0.1) is 5.69 Å². The summed E-state index contributed by atoms with van der Waals surface area (Å²) in [5.41, 5.74) is 3.83. The molecule has 1 nitrogen and oxygen atoms in total. The lowest BCUT2D eigenvalue weighted by Gasteiger charge is -2.26. The molecule has 0 saturated heterocycles. The number of aryl methyl sites for hydroxylation is 1. The largest absolute Gasteiger partial charge is 0.257 e. The van der Waals surface area contributed by atoms with Crippen molar-refractivity contribution in [2.24, 2.45) is 10.4 Å². The minimum atomic E-state index is 0.238. The molecule has 0 unspecified atom stereocenters. The highest BCUT2D eigenvalue weighted by molar-refractivity contribution is 5.90. The number of benzene rings is 1. The van der Waals surface area contributed by atoms with Crippen molar-refractivity contribution in [3.8, 4) is 0 Å². The SMILES string of the molecule is CCC(C)(CC)C(C)=Nc1ccccc1C. The number of aliphatic imine (C=N–C) groups is 1. The third-order valence-electron chi connectivity index (χ3n) is 3.84. The van der Waals surface area contributed by atoms with Crippen molar-refractivity contribution in [1.29, 1.82) is 0 Å². The summed E-state index contributed by atoms with van der Waals surface area (Å²) in [6, 6.07) is 8.31. The lowest BCUT2D eigenvalue weighted by molar-refractivity contribution is 0.431. The first kappa shape index (κ1) is 13.0. The van der Waals surface area contributed by atoms with Gasteiger partial charge < -0.3 is 0 Å². The van der Waals surface area contributed by atoms with E-state index in [9.17, 15) is 0 Å². The number of hydrogen-bond acceptors (Lipinski definition) is 1. The van der Waals surface area contributed by atoms with Crippen LogP contribution >= 0.6 is 0 Å². The van der Waals surface area contributed by atoms with Crippen LogP contribution in [0.2, 0.25) is 0 Å². The average molecular weight is 217 g/mol. The van der Waals surface area contributed by atoms with E-state index in [1.807, 2.05) is 6.07 Å². The molecular weight excluding hydrogens is 194 g/mol. The summed E-state index contributed by atoms with van der Waals surface area (Å²) >= 11 is 0. The van der Waals surface area contributed by atoms with Gasteiger partial charge in [0.2, 0.25) is 0 Å². The first-order valence-corrected chi connectivity index (χ1v) is 6.15. The summed E-state index contributed by atoms with van der Waals surface area (Å²) in [4.78, 5) is 4.79. The van der Waals surface area contributed by atoms with Crippen molar-refractivity contribution >= 4 is 11.4 Å². The molecule has 0 aliphatic rings. The number of nitrogens with zero attached hydrogens (tertiary/aromatic N) is 1. The quantitative estimate of drug-likeness (QED) is 0.635. The fourth-order valence-electron chi connectivity index (χ4n) is 1.77. The number of rotatable bonds is 4. The van der Waals surface area contributed by atoms with Crippen molar-refractivity contribution in [1.82, 2.24) is 0 Å². The summed E-state index contributed by atoms with van der Waals surface area (Å²) < 4.78 is 0. The second kappa shape index (κ2) is 5.29. The number of hydrogen-bond donors (Lipinski definition) is 0. The highest BCUT2D eigenvalue weighted by atomic mass is 14.8.